The molecule has 0 aliphatic heterocycles. The second-order valence-corrected chi connectivity index (χ2v) is 9.14. The number of allylic oxidation sites excluding steroid dienone is 1. The van der Waals surface area contributed by atoms with Gasteiger partial charge in [-0.05, 0) is 43.3 Å². The fourth-order valence-electron chi connectivity index (χ4n) is 2.72. The molecule has 0 bridgehead atoms. The van der Waals surface area contributed by atoms with Gasteiger partial charge in [0.15, 0.2) is 17.1 Å². The van der Waals surface area contributed by atoms with Crippen molar-refractivity contribution in [3.05, 3.63) is 75.0 Å². The number of anilines is 1. The number of carbonyl (C=O) groups is 1. The molecule has 1 aromatic heterocycles. The molecule has 0 saturated heterocycles. The zero-order chi connectivity index (χ0) is 23.3. The van der Waals surface area contributed by atoms with E-state index in [4.69, 9.17) is 51.1 Å². The van der Waals surface area contributed by atoms with Crippen LogP contribution in [0.1, 0.15) is 18.9 Å². The summed E-state index contributed by atoms with van der Waals surface area (Å²) >= 11 is 25.3. The first kappa shape index (κ1) is 24.7. The van der Waals surface area contributed by atoms with Gasteiger partial charge in [-0.25, -0.2) is 0 Å². The SMILES string of the molecule is C=CCn1c(SCC(=O)Nc2ccc(Cl)c(Cl)c2)nnc1C(C)Oc1ccc(Cl)cc1Cl. The first-order valence-corrected chi connectivity index (χ1v) is 11.8. The zero-order valence-corrected chi connectivity index (χ0v) is 20.7. The smallest absolute Gasteiger partial charge is 0.234 e. The van der Waals surface area contributed by atoms with Gasteiger partial charge < -0.3 is 10.1 Å². The number of nitrogens with one attached hydrogen (secondary N) is 1. The average molecular weight is 532 g/mol. The van der Waals surface area contributed by atoms with Crippen LogP contribution >= 0.6 is 58.2 Å². The van der Waals surface area contributed by atoms with Gasteiger partial charge >= 0.3 is 0 Å². The van der Waals surface area contributed by atoms with Gasteiger partial charge in [0, 0.05) is 17.3 Å². The molecule has 0 saturated carbocycles. The van der Waals surface area contributed by atoms with E-state index in [9.17, 15) is 4.79 Å². The molecule has 0 fully saturated rings. The van der Waals surface area contributed by atoms with E-state index in [-0.39, 0.29) is 11.7 Å². The van der Waals surface area contributed by atoms with Crippen molar-refractivity contribution in [2.75, 3.05) is 11.1 Å². The van der Waals surface area contributed by atoms with Crippen molar-refractivity contribution >= 4 is 69.8 Å². The van der Waals surface area contributed by atoms with Crippen LogP contribution in [0.3, 0.4) is 0 Å². The highest BCUT2D eigenvalue weighted by atomic mass is 35.5. The van der Waals surface area contributed by atoms with E-state index in [1.807, 2.05) is 11.5 Å². The Morgan fingerprint density at radius 2 is 1.94 bits per heavy atom. The van der Waals surface area contributed by atoms with E-state index in [1.165, 1.54) is 11.8 Å². The van der Waals surface area contributed by atoms with Gasteiger partial charge in [0.25, 0.3) is 0 Å². The summed E-state index contributed by atoms with van der Waals surface area (Å²) in [5, 5.41) is 13.5. The standard InChI is InChI=1S/C21H18Cl4N4O2S/c1-3-8-29-20(12(2)31-18-7-4-13(22)9-17(18)25)27-28-21(29)32-11-19(30)26-14-5-6-15(23)16(24)10-14/h3-7,9-10,12H,1,8,11H2,2H3,(H,26,30). The van der Waals surface area contributed by atoms with Crippen LogP contribution < -0.4 is 10.1 Å². The minimum Gasteiger partial charge on any atom is -0.481 e. The van der Waals surface area contributed by atoms with Crippen LogP contribution in [0, 0.1) is 0 Å². The number of rotatable bonds is 9. The number of thioether (sulfide) groups is 1. The van der Waals surface area contributed by atoms with E-state index in [1.54, 1.807) is 42.5 Å². The second-order valence-electron chi connectivity index (χ2n) is 6.54. The lowest BCUT2D eigenvalue weighted by Crippen LogP contribution is -2.15. The molecule has 1 unspecified atom stereocenters. The van der Waals surface area contributed by atoms with Crippen LogP contribution in [-0.4, -0.2) is 26.4 Å². The quantitative estimate of drug-likeness (QED) is 0.239. The third-order valence-corrected chi connectivity index (χ3v) is 6.39. The third kappa shape index (κ3) is 6.33. The second kappa shape index (κ2) is 11.3. The van der Waals surface area contributed by atoms with E-state index in [0.29, 0.717) is 49.1 Å². The molecular formula is C21H18Cl4N4O2S. The highest BCUT2D eigenvalue weighted by Crippen LogP contribution is 2.32. The number of carbonyl (C=O) groups excluding carboxylic acids is 1. The molecule has 2 aromatic carbocycles. The van der Waals surface area contributed by atoms with E-state index in [0.717, 1.165) is 0 Å². The maximum atomic E-state index is 12.4. The molecule has 6 nitrogen and oxygen atoms in total. The van der Waals surface area contributed by atoms with Gasteiger partial charge in [-0.3, -0.25) is 9.36 Å². The van der Waals surface area contributed by atoms with Crippen LogP contribution in [0.4, 0.5) is 5.69 Å². The molecule has 168 valence electrons. The van der Waals surface area contributed by atoms with Gasteiger partial charge in [0.1, 0.15) is 5.75 Å². The number of amides is 1. The topological polar surface area (TPSA) is 69.0 Å². The van der Waals surface area contributed by atoms with Crippen LogP contribution in [-0.2, 0) is 11.3 Å². The molecule has 1 atom stereocenters. The molecule has 0 aliphatic carbocycles. The van der Waals surface area contributed by atoms with Crippen molar-refractivity contribution in [2.45, 2.75) is 24.7 Å². The minimum absolute atomic E-state index is 0.119. The van der Waals surface area contributed by atoms with Crippen LogP contribution in [0.15, 0.2) is 54.2 Å². The monoisotopic (exact) mass is 530 g/mol. The molecule has 3 aromatic rings. The average Bonchev–Trinajstić information content (AvgIpc) is 3.14. The summed E-state index contributed by atoms with van der Waals surface area (Å²) in [5.74, 6) is 0.948. The molecule has 1 N–H and O–H groups in total. The van der Waals surface area contributed by atoms with Crippen LogP contribution in [0.2, 0.25) is 20.1 Å². The summed E-state index contributed by atoms with van der Waals surface area (Å²) in [5.41, 5.74) is 0.556. The summed E-state index contributed by atoms with van der Waals surface area (Å²) in [6.45, 7) is 6.07. The fourth-order valence-corrected chi connectivity index (χ4v) is 4.23. The van der Waals surface area contributed by atoms with Crippen molar-refractivity contribution in [1.82, 2.24) is 14.8 Å². The number of hydrogen-bond donors (Lipinski definition) is 1. The molecule has 1 heterocycles. The number of halogens is 4. The Morgan fingerprint density at radius 3 is 2.62 bits per heavy atom. The Hall–Kier alpha value is -1.90. The maximum Gasteiger partial charge on any atom is 0.234 e. The van der Waals surface area contributed by atoms with Gasteiger partial charge in [0.05, 0.1) is 20.8 Å². The maximum absolute atomic E-state index is 12.4. The van der Waals surface area contributed by atoms with Gasteiger partial charge in [-0.2, -0.15) is 0 Å². The zero-order valence-electron chi connectivity index (χ0n) is 16.8. The molecular weight excluding hydrogens is 514 g/mol. The fraction of sp³-hybridized carbons (Fsp3) is 0.190. The Balaban J connectivity index is 1.68. The molecule has 11 heteroatoms. The van der Waals surface area contributed by atoms with Crippen LogP contribution in [0.5, 0.6) is 5.75 Å². The van der Waals surface area contributed by atoms with Crippen molar-refractivity contribution in [3.63, 3.8) is 0 Å². The highest BCUT2D eigenvalue weighted by molar-refractivity contribution is 7.99. The lowest BCUT2D eigenvalue weighted by atomic mass is 10.3. The van der Waals surface area contributed by atoms with Crippen molar-refractivity contribution in [3.8, 4) is 5.75 Å². The number of ether oxygens (including phenoxy) is 1. The lowest BCUT2D eigenvalue weighted by Gasteiger charge is -2.16. The summed E-state index contributed by atoms with van der Waals surface area (Å²) in [6.07, 6.45) is 1.26. The highest BCUT2D eigenvalue weighted by Gasteiger charge is 2.20. The predicted molar refractivity (Wildman–Crippen MR) is 132 cm³/mol. The molecule has 0 spiro atoms. The van der Waals surface area contributed by atoms with E-state index < -0.39 is 6.10 Å². The normalized spacial score (nSPS) is 11.8. The largest absolute Gasteiger partial charge is 0.481 e. The Kier molecular flexibility index (Phi) is 8.73. The number of nitrogens with zero attached hydrogens (tertiary/aromatic N) is 3. The summed E-state index contributed by atoms with van der Waals surface area (Å²) in [6, 6.07) is 9.87. The van der Waals surface area contributed by atoms with Crippen LogP contribution in [0.25, 0.3) is 0 Å². The Bertz CT molecular complexity index is 1140. The van der Waals surface area contributed by atoms with Gasteiger partial charge in [0.2, 0.25) is 5.91 Å². The van der Waals surface area contributed by atoms with Crippen molar-refractivity contribution < 1.29 is 9.53 Å². The first-order chi connectivity index (χ1) is 15.3. The first-order valence-electron chi connectivity index (χ1n) is 9.32. The molecule has 32 heavy (non-hydrogen) atoms. The van der Waals surface area contributed by atoms with Crippen molar-refractivity contribution in [2.24, 2.45) is 0 Å². The third-order valence-electron chi connectivity index (χ3n) is 4.15. The van der Waals surface area contributed by atoms with Crippen molar-refractivity contribution in [1.29, 1.82) is 0 Å². The summed E-state index contributed by atoms with van der Waals surface area (Å²) in [4.78, 5) is 12.4. The molecule has 1 amide bonds. The summed E-state index contributed by atoms with van der Waals surface area (Å²) < 4.78 is 7.78. The number of benzene rings is 2. The molecule has 0 aliphatic rings. The Morgan fingerprint density at radius 1 is 1.16 bits per heavy atom. The number of aromatic nitrogens is 3. The predicted octanol–water partition coefficient (Wildman–Crippen LogP) is 6.95. The van der Waals surface area contributed by atoms with Gasteiger partial charge in [-0.1, -0.05) is 64.2 Å². The number of hydrogen-bond acceptors (Lipinski definition) is 5. The van der Waals surface area contributed by atoms with E-state index in [2.05, 4.69) is 22.1 Å². The molecule has 0 radical (unpaired) electrons. The molecule has 3 rings (SSSR count). The van der Waals surface area contributed by atoms with E-state index >= 15 is 0 Å². The minimum atomic E-state index is -0.458. The van der Waals surface area contributed by atoms with Gasteiger partial charge in [-0.15, -0.1) is 16.8 Å². The Labute approximate surface area is 209 Å². The lowest BCUT2D eigenvalue weighted by molar-refractivity contribution is -0.113. The summed E-state index contributed by atoms with van der Waals surface area (Å²) in [7, 11) is 0.